The second kappa shape index (κ2) is 11.5. The Hall–Kier alpha value is -2.77. The number of likely N-dealkylation sites (tertiary alicyclic amines) is 1. The van der Waals surface area contributed by atoms with Crippen LogP contribution in [0.25, 0.3) is 0 Å². The minimum atomic E-state index is -0.0551. The normalized spacial score (nSPS) is 25.3. The zero-order valence-corrected chi connectivity index (χ0v) is 21.3. The zero-order chi connectivity index (χ0) is 24.9. The molecule has 2 saturated heterocycles. The van der Waals surface area contributed by atoms with Crippen molar-refractivity contribution in [3.05, 3.63) is 54.1 Å². The maximum atomic E-state index is 11.9. The summed E-state index contributed by atoms with van der Waals surface area (Å²) in [7, 11) is 1.70. The number of anilines is 1. The third-order valence-electron chi connectivity index (χ3n) is 8.18. The van der Waals surface area contributed by atoms with E-state index >= 15 is 0 Å². The summed E-state index contributed by atoms with van der Waals surface area (Å²) in [6, 6.07) is 17.1. The number of hydrogen-bond acceptors (Lipinski definition) is 6. The Bertz CT molecular complexity index is 997. The lowest BCUT2D eigenvalue weighted by atomic mass is 9.97. The molecule has 3 aliphatic rings. The van der Waals surface area contributed by atoms with Gasteiger partial charge in [0.2, 0.25) is 6.41 Å². The fraction of sp³-hybridized carbons (Fsp3) is 0.552. The number of hydrogen-bond donors (Lipinski definition) is 1. The third-order valence-corrected chi connectivity index (χ3v) is 8.18. The molecule has 1 N–H and O–H groups in total. The first-order valence-corrected chi connectivity index (χ1v) is 13.4. The van der Waals surface area contributed by atoms with Gasteiger partial charge in [-0.1, -0.05) is 30.3 Å². The molecule has 3 atom stereocenters. The van der Waals surface area contributed by atoms with Crippen LogP contribution in [-0.4, -0.2) is 79.5 Å². The van der Waals surface area contributed by atoms with Crippen LogP contribution in [0.1, 0.15) is 37.7 Å². The van der Waals surface area contributed by atoms with Gasteiger partial charge < -0.3 is 24.4 Å². The summed E-state index contributed by atoms with van der Waals surface area (Å²) >= 11 is 0. The van der Waals surface area contributed by atoms with E-state index in [4.69, 9.17) is 9.47 Å². The Morgan fingerprint density at radius 2 is 1.81 bits per heavy atom. The van der Waals surface area contributed by atoms with Crippen LogP contribution in [-0.2, 0) is 11.2 Å². The highest BCUT2D eigenvalue weighted by Crippen LogP contribution is 2.37. The molecule has 7 heteroatoms. The van der Waals surface area contributed by atoms with Crippen LogP contribution in [0.4, 0.5) is 5.69 Å². The molecule has 0 spiro atoms. The average molecular weight is 494 g/mol. The van der Waals surface area contributed by atoms with Crippen molar-refractivity contribution in [1.82, 2.24) is 9.80 Å². The highest BCUT2D eigenvalue weighted by molar-refractivity contribution is 5.57. The first kappa shape index (κ1) is 24.9. The zero-order valence-electron chi connectivity index (χ0n) is 21.3. The van der Waals surface area contributed by atoms with Crippen molar-refractivity contribution in [3.8, 4) is 11.5 Å². The van der Waals surface area contributed by atoms with Crippen LogP contribution >= 0.6 is 0 Å². The molecule has 2 aromatic rings. The van der Waals surface area contributed by atoms with Crippen LogP contribution in [0, 0.1) is 5.92 Å². The predicted octanol–water partition coefficient (Wildman–Crippen LogP) is 3.55. The molecule has 0 aromatic heterocycles. The molecule has 3 fully saturated rings. The monoisotopic (exact) mass is 493 g/mol. The van der Waals surface area contributed by atoms with E-state index in [0.717, 1.165) is 68.9 Å². The van der Waals surface area contributed by atoms with Crippen molar-refractivity contribution in [2.45, 2.75) is 56.8 Å². The highest BCUT2D eigenvalue weighted by atomic mass is 16.5. The molecular weight excluding hydrogens is 454 g/mol. The number of nitrogens with zero attached hydrogens (tertiary/aromatic N) is 3. The Balaban J connectivity index is 1.39. The maximum Gasteiger partial charge on any atom is 0.210 e. The van der Waals surface area contributed by atoms with Crippen LogP contribution < -0.4 is 14.4 Å². The number of ether oxygens (including phenoxy) is 2. The van der Waals surface area contributed by atoms with Gasteiger partial charge in [0.25, 0.3) is 0 Å². The first-order valence-electron chi connectivity index (χ1n) is 13.4. The lowest BCUT2D eigenvalue weighted by Crippen LogP contribution is -2.61. The van der Waals surface area contributed by atoms with Gasteiger partial charge in [-0.3, -0.25) is 9.69 Å². The Kier molecular flexibility index (Phi) is 7.97. The van der Waals surface area contributed by atoms with Gasteiger partial charge in [-0.25, -0.2) is 0 Å². The van der Waals surface area contributed by atoms with Gasteiger partial charge in [0, 0.05) is 56.5 Å². The van der Waals surface area contributed by atoms with Gasteiger partial charge in [-0.05, 0) is 56.2 Å². The summed E-state index contributed by atoms with van der Waals surface area (Å²) < 4.78 is 12.0. The smallest absolute Gasteiger partial charge is 0.210 e. The number of benzene rings is 2. The first-order chi connectivity index (χ1) is 17.7. The lowest BCUT2D eigenvalue weighted by molar-refractivity contribution is -0.124. The molecule has 0 bridgehead atoms. The quantitative estimate of drug-likeness (QED) is 0.539. The molecule has 1 saturated carbocycles. The molecule has 2 unspecified atom stereocenters. The minimum Gasteiger partial charge on any atom is -0.493 e. The molecule has 2 heterocycles. The number of carbonyl (C=O) groups excluding carboxylic acids is 1. The molecule has 36 heavy (non-hydrogen) atoms. The Morgan fingerprint density at radius 1 is 1.00 bits per heavy atom. The standard InChI is InChI=1S/C29H39N3O4/c1-35-27-12-11-24(18-28(27)36-26-9-5-6-10-26)30-15-16-32(29-23(20-33)13-14-31(29)21-34)25(19-30)17-22-7-3-2-4-8-22/h2-4,7-8,11-12,18,21,23,25-26,29,33H,5-6,9-10,13-17,19-20H2,1H3/t23?,25-,29?/m0/s1. The summed E-state index contributed by atoms with van der Waals surface area (Å²) in [5.74, 6) is 1.70. The van der Waals surface area contributed by atoms with Crippen LogP contribution in [0.5, 0.6) is 11.5 Å². The number of methoxy groups -OCH3 is 1. The summed E-state index contributed by atoms with van der Waals surface area (Å²) in [6.45, 7) is 3.33. The molecule has 1 amide bonds. The number of aliphatic hydroxyl groups excluding tert-OH is 1. The molecular formula is C29H39N3O4. The van der Waals surface area contributed by atoms with Crippen LogP contribution in [0.2, 0.25) is 0 Å². The van der Waals surface area contributed by atoms with E-state index in [1.54, 1.807) is 7.11 Å². The van der Waals surface area contributed by atoms with E-state index in [0.29, 0.717) is 6.54 Å². The molecule has 2 aromatic carbocycles. The third kappa shape index (κ3) is 5.32. The van der Waals surface area contributed by atoms with Crippen molar-refractivity contribution in [2.24, 2.45) is 5.92 Å². The number of aliphatic hydroxyl groups is 1. The Labute approximate surface area is 214 Å². The second-order valence-corrected chi connectivity index (χ2v) is 10.4. The molecule has 0 radical (unpaired) electrons. The van der Waals surface area contributed by atoms with Crippen molar-refractivity contribution >= 4 is 12.1 Å². The fourth-order valence-electron chi connectivity index (χ4n) is 6.29. The number of amides is 1. The van der Waals surface area contributed by atoms with E-state index in [1.165, 1.54) is 18.4 Å². The molecule has 7 nitrogen and oxygen atoms in total. The summed E-state index contributed by atoms with van der Waals surface area (Å²) in [5, 5.41) is 10.1. The molecule has 5 rings (SSSR count). The minimum absolute atomic E-state index is 0.0551. The van der Waals surface area contributed by atoms with Gasteiger partial charge in [-0.2, -0.15) is 0 Å². The molecule has 2 aliphatic heterocycles. The fourth-order valence-corrected chi connectivity index (χ4v) is 6.29. The average Bonchev–Trinajstić information content (AvgIpc) is 3.59. The van der Waals surface area contributed by atoms with E-state index in [1.807, 2.05) is 17.0 Å². The highest BCUT2D eigenvalue weighted by Gasteiger charge is 2.42. The van der Waals surface area contributed by atoms with E-state index in [2.05, 4.69) is 46.2 Å². The van der Waals surface area contributed by atoms with Crippen LogP contribution in [0.3, 0.4) is 0 Å². The summed E-state index contributed by atoms with van der Waals surface area (Å²) in [6.07, 6.45) is 7.57. The van der Waals surface area contributed by atoms with Gasteiger partial charge in [0.05, 0.1) is 19.4 Å². The van der Waals surface area contributed by atoms with E-state index in [9.17, 15) is 9.90 Å². The molecule has 1 aliphatic carbocycles. The SMILES string of the molecule is COc1ccc(N2CCN(C3C(CO)CCN3C=O)[C@@H](Cc3ccccc3)C2)cc1OC1CCCC1. The van der Waals surface area contributed by atoms with Crippen molar-refractivity contribution in [1.29, 1.82) is 0 Å². The number of piperazine rings is 1. The topological polar surface area (TPSA) is 65.5 Å². The van der Waals surface area contributed by atoms with E-state index < -0.39 is 0 Å². The second-order valence-electron chi connectivity index (χ2n) is 10.4. The van der Waals surface area contributed by atoms with Gasteiger partial charge in [0.15, 0.2) is 11.5 Å². The molecule has 194 valence electrons. The Morgan fingerprint density at radius 3 is 2.53 bits per heavy atom. The van der Waals surface area contributed by atoms with Crippen molar-refractivity contribution in [2.75, 3.05) is 44.8 Å². The largest absolute Gasteiger partial charge is 0.493 e. The lowest BCUT2D eigenvalue weighted by Gasteiger charge is -2.48. The summed E-state index contributed by atoms with van der Waals surface area (Å²) in [4.78, 5) is 18.7. The van der Waals surface area contributed by atoms with Crippen molar-refractivity contribution in [3.63, 3.8) is 0 Å². The van der Waals surface area contributed by atoms with Gasteiger partial charge >= 0.3 is 0 Å². The maximum absolute atomic E-state index is 11.9. The van der Waals surface area contributed by atoms with Crippen LogP contribution in [0.15, 0.2) is 48.5 Å². The van der Waals surface area contributed by atoms with Gasteiger partial charge in [0.1, 0.15) is 0 Å². The number of rotatable bonds is 9. The van der Waals surface area contributed by atoms with E-state index in [-0.39, 0.29) is 30.8 Å². The summed E-state index contributed by atoms with van der Waals surface area (Å²) in [5.41, 5.74) is 2.42. The number of carbonyl (C=O) groups is 1. The predicted molar refractivity (Wildman–Crippen MR) is 140 cm³/mol. The van der Waals surface area contributed by atoms with Crippen molar-refractivity contribution < 1.29 is 19.4 Å². The van der Waals surface area contributed by atoms with Gasteiger partial charge in [-0.15, -0.1) is 0 Å².